The van der Waals surface area contributed by atoms with Gasteiger partial charge in [-0.25, -0.2) is 0 Å². The number of rotatable bonds is 4. The number of benzene rings is 1. The number of piperidine rings is 1. The molecule has 2 heterocycles. The molecule has 7 nitrogen and oxygen atoms in total. The Labute approximate surface area is 137 Å². The molecule has 1 aromatic carbocycles. The van der Waals surface area contributed by atoms with Gasteiger partial charge in [-0.2, -0.15) is 8.75 Å². The molecule has 0 bridgehead atoms. The fourth-order valence-electron chi connectivity index (χ4n) is 2.64. The Hall–Kier alpha value is -2.48. The molecule has 3 rings (SSSR count). The van der Waals surface area contributed by atoms with E-state index in [-0.39, 0.29) is 17.7 Å². The van der Waals surface area contributed by atoms with E-state index >= 15 is 0 Å². The van der Waals surface area contributed by atoms with Gasteiger partial charge < -0.3 is 16.0 Å². The molecule has 1 aromatic heterocycles. The Morgan fingerprint density at radius 2 is 1.91 bits per heavy atom. The number of carbonyl (C=O) groups is 2. The van der Waals surface area contributed by atoms with Gasteiger partial charge in [0.25, 0.3) is 5.91 Å². The molecule has 0 saturated carbocycles. The largest absolute Gasteiger partial charge is 0.371 e. The number of hydrogen-bond acceptors (Lipinski definition) is 6. The number of nitrogens with zero attached hydrogens (tertiary/aromatic N) is 3. The molecule has 3 N–H and O–H groups in total. The van der Waals surface area contributed by atoms with Crippen LogP contribution in [0.1, 0.15) is 23.3 Å². The lowest BCUT2D eigenvalue weighted by Gasteiger charge is -2.32. The molecule has 2 aromatic rings. The maximum Gasteiger partial charge on any atom is 0.277 e. The molecular weight excluding hydrogens is 314 g/mol. The van der Waals surface area contributed by atoms with Crippen molar-refractivity contribution in [2.75, 3.05) is 23.3 Å². The van der Waals surface area contributed by atoms with Crippen LogP contribution in [0.15, 0.2) is 30.5 Å². The summed E-state index contributed by atoms with van der Waals surface area (Å²) >= 11 is 1.00. The zero-order valence-corrected chi connectivity index (χ0v) is 13.3. The highest BCUT2D eigenvalue weighted by molar-refractivity contribution is 6.99. The zero-order valence-electron chi connectivity index (χ0n) is 12.4. The Kier molecular flexibility index (Phi) is 4.52. The molecule has 0 aliphatic carbocycles. The van der Waals surface area contributed by atoms with Crippen molar-refractivity contribution in [3.8, 4) is 0 Å². The van der Waals surface area contributed by atoms with Gasteiger partial charge in [0.1, 0.15) is 0 Å². The molecule has 1 aliphatic heterocycles. The Morgan fingerprint density at radius 1 is 1.22 bits per heavy atom. The molecule has 0 atom stereocenters. The van der Waals surface area contributed by atoms with Gasteiger partial charge in [0.05, 0.1) is 17.9 Å². The normalized spacial score (nSPS) is 15.4. The second kappa shape index (κ2) is 6.74. The van der Waals surface area contributed by atoms with Crippen LogP contribution in [0, 0.1) is 5.92 Å². The summed E-state index contributed by atoms with van der Waals surface area (Å²) < 4.78 is 7.71. The first kappa shape index (κ1) is 15.4. The number of nitrogens with two attached hydrogens (primary N) is 1. The van der Waals surface area contributed by atoms with Crippen LogP contribution in [-0.2, 0) is 4.79 Å². The fourth-order valence-corrected chi connectivity index (χ4v) is 3.05. The highest BCUT2D eigenvalue weighted by Crippen LogP contribution is 2.24. The van der Waals surface area contributed by atoms with E-state index in [9.17, 15) is 9.59 Å². The summed E-state index contributed by atoms with van der Waals surface area (Å²) in [6, 6.07) is 7.62. The van der Waals surface area contributed by atoms with Gasteiger partial charge in [-0.05, 0) is 37.1 Å². The first-order chi connectivity index (χ1) is 11.1. The van der Waals surface area contributed by atoms with Crippen molar-refractivity contribution in [3.63, 3.8) is 0 Å². The van der Waals surface area contributed by atoms with E-state index in [0.717, 1.165) is 43.3 Å². The van der Waals surface area contributed by atoms with Crippen LogP contribution in [0.25, 0.3) is 0 Å². The van der Waals surface area contributed by atoms with Gasteiger partial charge in [0, 0.05) is 30.4 Å². The van der Waals surface area contributed by atoms with Gasteiger partial charge in [-0.15, -0.1) is 0 Å². The van der Waals surface area contributed by atoms with Crippen LogP contribution >= 0.6 is 11.7 Å². The van der Waals surface area contributed by atoms with Gasteiger partial charge in [0.2, 0.25) is 5.91 Å². The second-order valence-electron chi connectivity index (χ2n) is 5.46. The molecule has 1 fully saturated rings. The minimum Gasteiger partial charge on any atom is -0.371 e. The number of carbonyl (C=O) groups excluding carboxylic acids is 2. The third kappa shape index (κ3) is 3.65. The van der Waals surface area contributed by atoms with Crippen molar-refractivity contribution in [3.05, 3.63) is 36.2 Å². The summed E-state index contributed by atoms with van der Waals surface area (Å²) in [5, 5.41) is 2.78. The van der Waals surface area contributed by atoms with Gasteiger partial charge in [-0.3, -0.25) is 9.59 Å². The summed E-state index contributed by atoms with van der Waals surface area (Å²) in [6.07, 6.45) is 3.01. The summed E-state index contributed by atoms with van der Waals surface area (Å²) in [7, 11) is 0. The van der Waals surface area contributed by atoms with Crippen LogP contribution in [-0.4, -0.2) is 33.7 Å². The van der Waals surface area contributed by atoms with Crippen LogP contribution < -0.4 is 16.0 Å². The summed E-state index contributed by atoms with van der Waals surface area (Å²) in [6.45, 7) is 1.62. The highest BCUT2D eigenvalue weighted by atomic mass is 32.1. The maximum atomic E-state index is 11.9. The third-order valence-electron chi connectivity index (χ3n) is 3.98. The average molecular weight is 331 g/mol. The lowest BCUT2D eigenvalue weighted by atomic mass is 9.96. The lowest BCUT2D eigenvalue weighted by molar-refractivity contribution is -0.122. The van der Waals surface area contributed by atoms with Crippen LogP contribution in [0.2, 0.25) is 0 Å². The van der Waals surface area contributed by atoms with E-state index < -0.39 is 0 Å². The Bertz CT molecular complexity index is 678. The minimum absolute atomic E-state index is 0.0171. The number of primary amides is 1. The van der Waals surface area contributed by atoms with E-state index in [1.54, 1.807) is 0 Å². The average Bonchev–Trinajstić information content (AvgIpc) is 3.10. The van der Waals surface area contributed by atoms with Crippen molar-refractivity contribution in [1.29, 1.82) is 0 Å². The summed E-state index contributed by atoms with van der Waals surface area (Å²) in [4.78, 5) is 25.3. The first-order valence-electron chi connectivity index (χ1n) is 7.37. The maximum absolute atomic E-state index is 11.9. The number of anilines is 2. The van der Waals surface area contributed by atoms with Crippen molar-refractivity contribution in [2.45, 2.75) is 12.8 Å². The van der Waals surface area contributed by atoms with Gasteiger partial charge in [-0.1, -0.05) is 0 Å². The molecule has 0 spiro atoms. The molecule has 23 heavy (non-hydrogen) atoms. The molecular formula is C15H17N5O2S. The number of hydrogen-bond donors (Lipinski definition) is 2. The summed E-state index contributed by atoms with van der Waals surface area (Å²) in [5.74, 6) is -0.496. The predicted octanol–water partition coefficient (Wildman–Crippen LogP) is 1.49. The molecule has 8 heteroatoms. The molecule has 0 unspecified atom stereocenters. The summed E-state index contributed by atoms with van der Waals surface area (Å²) in [5.41, 5.74) is 7.44. The van der Waals surface area contributed by atoms with E-state index in [2.05, 4.69) is 19.0 Å². The molecule has 0 radical (unpaired) electrons. The number of aromatic nitrogens is 2. The first-order valence-corrected chi connectivity index (χ1v) is 8.10. The van der Waals surface area contributed by atoms with Crippen molar-refractivity contribution < 1.29 is 9.59 Å². The lowest BCUT2D eigenvalue weighted by Crippen LogP contribution is -2.38. The highest BCUT2D eigenvalue weighted by Gasteiger charge is 2.23. The zero-order chi connectivity index (χ0) is 16.2. The van der Waals surface area contributed by atoms with Crippen LogP contribution in [0.3, 0.4) is 0 Å². The van der Waals surface area contributed by atoms with E-state index in [4.69, 9.17) is 5.73 Å². The SMILES string of the molecule is NC(=O)C1CCN(c2ccc(NC(=O)c3cnsn3)cc2)CC1. The monoisotopic (exact) mass is 331 g/mol. The van der Waals surface area contributed by atoms with Crippen molar-refractivity contribution in [2.24, 2.45) is 11.7 Å². The minimum atomic E-state index is -0.270. The second-order valence-corrected chi connectivity index (χ2v) is 6.01. The van der Waals surface area contributed by atoms with Gasteiger partial charge in [0.15, 0.2) is 5.69 Å². The van der Waals surface area contributed by atoms with Crippen molar-refractivity contribution in [1.82, 2.24) is 8.75 Å². The molecule has 2 amide bonds. The van der Waals surface area contributed by atoms with E-state index in [1.165, 1.54) is 6.20 Å². The smallest absolute Gasteiger partial charge is 0.277 e. The molecule has 1 aliphatic rings. The number of amides is 2. The quantitative estimate of drug-likeness (QED) is 0.884. The van der Waals surface area contributed by atoms with Crippen LogP contribution in [0.5, 0.6) is 0 Å². The third-order valence-corrected chi connectivity index (χ3v) is 4.46. The van der Waals surface area contributed by atoms with E-state index in [0.29, 0.717) is 11.4 Å². The number of nitrogens with one attached hydrogen (secondary N) is 1. The Morgan fingerprint density at radius 3 is 2.48 bits per heavy atom. The standard InChI is InChI=1S/C15H17N5O2S/c16-14(21)10-5-7-20(8-6-10)12-3-1-11(2-4-12)18-15(22)13-9-17-23-19-13/h1-4,9-10H,5-8H2,(H2,16,21)(H,18,22). The van der Waals surface area contributed by atoms with Crippen LogP contribution in [0.4, 0.5) is 11.4 Å². The topological polar surface area (TPSA) is 101 Å². The molecule has 1 saturated heterocycles. The van der Waals surface area contributed by atoms with E-state index in [1.807, 2.05) is 24.3 Å². The Balaban J connectivity index is 1.59. The van der Waals surface area contributed by atoms with Gasteiger partial charge >= 0.3 is 0 Å². The van der Waals surface area contributed by atoms with Crippen molar-refractivity contribution >= 4 is 34.9 Å². The fraction of sp³-hybridized carbons (Fsp3) is 0.333. The molecule has 120 valence electrons. The predicted molar refractivity (Wildman–Crippen MR) is 88.4 cm³/mol.